The topological polar surface area (TPSA) is 31.4 Å². The van der Waals surface area contributed by atoms with Crippen molar-refractivity contribution in [2.45, 2.75) is 45.3 Å². The number of fused-ring (bicyclic) bond motifs is 1. The van der Waals surface area contributed by atoms with E-state index in [9.17, 15) is 0 Å². The highest BCUT2D eigenvalue weighted by Crippen LogP contribution is 2.36. The second-order valence-electron chi connectivity index (χ2n) is 6.00. The van der Waals surface area contributed by atoms with Crippen molar-refractivity contribution in [3.05, 3.63) is 29.6 Å². The molecule has 0 saturated carbocycles. The van der Waals surface area contributed by atoms with Crippen LogP contribution >= 0.6 is 0 Å². The first-order valence-electron chi connectivity index (χ1n) is 6.40. The molecule has 1 aromatic rings. The van der Waals surface area contributed by atoms with E-state index in [0.717, 1.165) is 17.6 Å². The molecule has 1 aliphatic carbocycles. The zero-order valence-electron chi connectivity index (χ0n) is 11.4. The minimum absolute atomic E-state index is 0.299. The Hall–Kier alpha value is -1.13. The third-order valence-corrected chi connectivity index (χ3v) is 4.16. The van der Waals surface area contributed by atoms with Gasteiger partial charge in [-0.2, -0.15) is 0 Å². The van der Waals surface area contributed by atoms with E-state index in [-0.39, 0.29) is 18.3 Å². The lowest BCUT2D eigenvalue weighted by Gasteiger charge is -2.32. The summed E-state index contributed by atoms with van der Waals surface area (Å²) in [5.74, 6) is 0. The lowest BCUT2D eigenvalue weighted by atomic mass is 9.79. The first kappa shape index (κ1) is 11.9. The average Bonchev–Trinajstić information content (AvgIpc) is 2.80. The maximum absolute atomic E-state index is 6.02. The molecule has 4 heteroatoms. The molecule has 3 nitrogen and oxygen atoms in total. The number of nitrogens with zero attached hydrogens (tertiary/aromatic N) is 1. The Morgan fingerprint density at radius 1 is 1.17 bits per heavy atom. The molecule has 0 bridgehead atoms. The number of hydrogen-bond donors (Lipinski definition) is 0. The summed E-state index contributed by atoms with van der Waals surface area (Å²) < 4.78 is 12.0. The van der Waals surface area contributed by atoms with Crippen molar-refractivity contribution in [2.75, 3.05) is 0 Å². The van der Waals surface area contributed by atoms with Crippen LogP contribution in [0.25, 0.3) is 6.08 Å². The smallest absolute Gasteiger partial charge is 0.399 e. The van der Waals surface area contributed by atoms with E-state index in [1.54, 1.807) is 0 Å². The van der Waals surface area contributed by atoms with Gasteiger partial charge in [0, 0.05) is 18.1 Å². The summed E-state index contributed by atoms with van der Waals surface area (Å²) in [6.07, 6.45) is 7.04. The number of aromatic nitrogens is 1. The molecule has 0 atom stereocenters. The Morgan fingerprint density at radius 3 is 2.50 bits per heavy atom. The minimum atomic E-state index is -0.318. The first-order valence-corrected chi connectivity index (χ1v) is 6.40. The van der Waals surface area contributed by atoms with Crippen LogP contribution in [0.2, 0.25) is 0 Å². The van der Waals surface area contributed by atoms with Gasteiger partial charge in [0.05, 0.1) is 16.9 Å². The van der Waals surface area contributed by atoms with E-state index in [2.05, 4.69) is 50.9 Å². The quantitative estimate of drug-likeness (QED) is 0.706. The van der Waals surface area contributed by atoms with E-state index in [0.29, 0.717) is 0 Å². The zero-order chi connectivity index (χ0) is 13.0. The summed E-state index contributed by atoms with van der Waals surface area (Å²) in [4.78, 5) is 4.48. The molecular weight excluding hydrogens is 225 g/mol. The standard InChI is InChI=1S/C14H18BNO2/c1-13(2)14(3,4)18-15(17-13)11-8-10-6-5-7-12(10)16-9-11/h5-6,8-9H,7H2,1-4H3. The van der Waals surface area contributed by atoms with Crippen molar-refractivity contribution in [3.8, 4) is 0 Å². The molecule has 3 rings (SSSR count). The molecule has 0 amide bonds. The van der Waals surface area contributed by atoms with Gasteiger partial charge < -0.3 is 9.31 Å². The fraction of sp³-hybridized carbons (Fsp3) is 0.500. The highest BCUT2D eigenvalue weighted by molar-refractivity contribution is 6.62. The molecule has 2 aliphatic rings. The van der Waals surface area contributed by atoms with Gasteiger partial charge in [0.2, 0.25) is 0 Å². The summed E-state index contributed by atoms with van der Waals surface area (Å²) in [6, 6.07) is 2.12. The highest BCUT2D eigenvalue weighted by Gasteiger charge is 2.51. The number of rotatable bonds is 1. The molecule has 0 radical (unpaired) electrons. The maximum Gasteiger partial charge on any atom is 0.496 e. The van der Waals surface area contributed by atoms with Crippen LogP contribution in [0.3, 0.4) is 0 Å². The van der Waals surface area contributed by atoms with E-state index in [1.807, 2.05) is 6.20 Å². The van der Waals surface area contributed by atoms with Crippen LogP contribution in [-0.2, 0) is 15.7 Å². The van der Waals surface area contributed by atoms with E-state index in [1.165, 1.54) is 5.56 Å². The molecule has 0 N–H and O–H groups in total. The van der Waals surface area contributed by atoms with Gasteiger partial charge in [0.15, 0.2) is 0 Å². The van der Waals surface area contributed by atoms with Crippen molar-refractivity contribution in [1.29, 1.82) is 0 Å². The van der Waals surface area contributed by atoms with Crippen LogP contribution < -0.4 is 5.46 Å². The van der Waals surface area contributed by atoms with Crippen molar-refractivity contribution < 1.29 is 9.31 Å². The second kappa shape index (κ2) is 3.68. The van der Waals surface area contributed by atoms with Gasteiger partial charge in [0.25, 0.3) is 0 Å². The van der Waals surface area contributed by atoms with Crippen LogP contribution in [0, 0.1) is 0 Å². The van der Waals surface area contributed by atoms with Crippen LogP contribution in [0.5, 0.6) is 0 Å². The highest BCUT2D eigenvalue weighted by atomic mass is 16.7. The Labute approximate surface area is 108 Å². The molecule has 1 aromatic heterocycles. The third kappa shape index (κ3) is 1.71. The molecule has 2 heterocycles. The third-order valence-electron chi connectivity index (χ3n) is 4.16. The lowest BCUT2D eigenvalue weighted by Crippen LogP contribution is -2.41. The Morgan fingerprint density at radius 2 is 1.83 bits per heavy atom. The monoisotopic (exact) mass is 243 g/mol. The predicted molar refractivity (Wildman–Crippen MR) is 72.7 cm³/mol. The molecule has 1 aliphatic heterocycles. The molecule has 94 valence electrons. The Balaban J connectivity index is 1.91. The Bertz CT molecular complexity index is 507. The van der Waals surface area contributed by atoms with E-state index in [4.69, 9.17) is 9.31 Å². The van der Waals surface area contributed by atoms with Gasteiger partial charge in [-0.1, -0.05) is 18.2 Å². The summed E-state index contributed by atoms with van der Waals surface area (Å²) in [7, 11) is -0.318. The average molecular weight is 243 g/mol. The summed E-state index contributed by atoms with van der Waals surface area (Å²) in [5, 5.41) is 0. The molecule has 0 aromatic carbocycles. The maximum atomic E-state index is 6.02. The summed E-state index contributed by atoms with van der Waals surface area (Å²) >= 11 is 0. The molecular formula is C14H18BNO2. The zero-order valence-corrected chi connectivity index (χ0v) is 11.4. The minimum Gasteiger partial charge on any atom is -0.399 e. The van der Waals surface area contributed by atoms with E-state index < -0.39 is 0 Å². The van der Waals surface area contributed by atoms with Crippen molar-refractivity contribution in [1.82, 2.24) is 4.98 Å². The van der Waals surface area contributed by atoms with Crippen LogP contribution in [0.1, 0.15) is 39.0 Å². The SMILES string of the molecule is CC1(C)OB(c2cnc3c(c2)C=CC3)OC1(C)C. The van der Waals surface area contributed by atoms with Crippen LogP contribution in [0.15, 0.2) is 18.3 Å². The van der Waals surface area contributed by atoms with Gasteiger partial charge in [-0.25, -0.2) is 0 Å². The number of hydrogen-bond acceptors (Lipinski definition) is 3. The fourth-order valence-electron chi connectivity index (χ4n) is 2.25. The first-order chi connectivity index (χ1) is 8.39. The predicted octanol–water partition coefficient (Wildman–Crippen LogP) is 1.95. The molecule has 1 fully saturated rings. The van der Waals surface area contributed by atoms with Crippen molar-refractivity contribution in [2.24, 2.45) is 0 Å². The second-order valence-corrected chi connectivity index (χ2v) is 6.00. The molecule has 1 saturated heterocycles. The lowest BCUT2D eigenvalue weighted by molar-refractivity contribution is 0.00578. The summed E-state index contributed by atoms with van der Waals surface area (Å²) in [5.41, 5.74) is 2.72. The van der Waals surface area contributed by atoms with Gasteiger partial charge in [0.1, 0.15) is 0 Å². The number of allylic oxidation sites excluding steroid dienone is 1. The van der Waals surface area contributed by atoms with Crippen LogP contribution in [-0.4, -0.2) is 23.3 Å². The van der Waals surface area contributed by atoms with Gasteiger partial charge in [-0.3, -0.25) is 4.98 Å². The van der Waals surface area contributed by atoms with Crippen molar-refractivity contribution in [3.63, 3.8) is 0 Å². The van der Waals surface area contributed by atoms with E-state index >= 15 is 0 Å². The molecule has 0 unspecified atom stereocenters. The number of pyridine rings is 1. The van der Waals surface area contributed by atoms with Gasteiger partial charge in [-0.05, 0) is 33.3 Å². The van der Waals surface area contributed by atoms with Crippen LogP contribution in [0.4, 0.5) is 0 Å². The van der Waals surface area contributed by atoms with Gasteiger partial charge in [-0.15, -0.1) is 0 Å². The van der Waals surface area contributed by atoms with Gasteiger partial charge >= 0.3 is 7.12 Å². The molecule has 18 heavy (non-hydrogen) atoms. The normalized spacial score (nSPS) is 23.4. The van der Waals surface area contributed by atoms with Crippen molar-refractivity contribution >= 4 is 18.7 Å². The largest absolute Gasteiger partial charge is 0.496 e. The fourth-order valence-corrected chi connectivity index (χ4v) is 2.25. The Kier molecular flexibility index (Phi) is 2.44. The molecule has 0 spiro atoms. The summed E-state index contributed by atoms with van der Waals surface area (Å²) in [6.45, 7) is 8.25.